The fraction of sp³-hybridized carbons (Fsp3) is 0.250. The molecule has 2 aromatic heterocycles. The van der Waals surface area contributed by atoms with Crippen LogP contribution in [-0.4, -0.2) is 46.3 Å². The Bertz CT molecular complexity index is 1310. The third kappa shape index (κ3) is 4.64. The van der Waals surface area contributed by atoms with Crippen molar-refractivity contribution in [3.8, 4) is 0 Å². The number of hydrogen-bond acceptors (Lipinski definition) is 8. The van der Waals surface area contributed by atoms with Crippen LogP contribution in [0.1, 0.15) is 46.5 Å². The lowest BCUT2D eigenvalue weighted by Crippen LogP contribution is -2.22. The summed E-state index contributed by atoms with van der Waals surface area (Å²) in [6.07, 6.45) is 6.10. The summed E-state index contributed by atoms with van der Waals surface area (Å²) in [6, 6.07) is 5.79. The van der Waals surface area contributed by atoms with Crippen LogP contribution < -0.4 is 10.6 Å². The molecular weight excluding hydrogens is 470 g/mol. The number of carboxylic acids is 1. The standard InChI is InChI=1S/C20H19N5O6S2/c26-15(11-5-1-2-6-11)12-7-3-4-8-13(12)23-18(29)25-19-24-14(16(27)28)17(32-19)33(30,31)20-21-9-10-22-20/h3-4,7-11H,1-2,5-6H2,(H,21,22)(H,27,28)(H2,23,24,25,29). The number of ketones is 1. The number of H-pyrrole nitrogens is 1. The van der Waals surface area contributed by atoms with E-state index in [-0.39, 0.29) is 16.8 Å². The number of hydrogen-bond donors (Lipinski definition) is 4. The molecule has 0 saturated heterocycles. The van der Waals surface area contributed by atoms with Gasteiger partial charge in [0.1, 0.15) is 0 Å². The van der Waals surface area contributed by atoms with Crippen molar-refractivity contribution in [3.05, 3.63) is 47.9 Å². The van der Waals surface area contributed by atoms with E-state index in [1.807, 2.05) is 0 Å². The number of carbonyl (C=O) groups is 3. The predicted molar refractivity (Wildman–Crippen MR) is 118 cm³/mol. The van der Waals surface area contributed by atoms with Gasteiger partial charge < -0.3 is 15.4 Å². The Morgan fingerprint density at radius 2 is 1.85 bits per heavy atom. The Kier molecular flexibility index (Phi) is 6.24. The highest BCUT2D eigenvalue weighted by molar-refractivity contribution is 7.93. The molecule has 4 N–H and O–H groups in total. The minimum absolute atomic E-state index is 0.0439. The van der Waals surface area contributed by atoms with E-state index < -0.39 is 36.9 Å². The molecule has 0 bridgehead atoms. The number of imidazole rings is 1. The van der Waals surface area contributed by atoms with E-state index >= 15 is 0 Å². The van der Waals surface area contributed by atoms with E-state index in [4.69, 9.17) is 0 Å². The summed E-state index contributed by atoms with van der Waals surface area (Å²) >= 11 is 0.484. The molecule has 0 radical (unpaired) electrons. The molecule has 1 aliphatic carbocycles. The van der Waals surface area contributed by atoms with Crippen LogP contribution in [0.5, 0.6) is 0 Å². The molecular formula is C20H19N5O6S2. The molecule has 1 saturated carbocycles. The van der Waals surface area contributed by atoms with Crippen LogP contribution >= 0.6 is 11.3 Å². The van der Waals surface area contributed by atoms with Crippen LogP contribution in [0.25, 0.3) is 0 Å². The molecule has 1 fully saturated rings. The van der Waals surface area contributed by atoms with Gasteiger partial charge in [-0.15, -0.1) is 0 Å². The van der Waals surface area contributed by atoms with Crippen molar-refractivity contribution in [3.63, 3.8) is 0 Å². The average Bonchev–Trinajstić information content (AvgIpc) is 3.55. The molecule has 0 unspecified atom stereocenters. The topological polar surface area (TPSA) is 171 Å². The number of aromatic amines is 1. The summed E-state index contributed by atoms with van der Waals surface area (Å²) in [6.45, 7) is 0. The summed E-state index contributed by atoms with van der Waals surface area (Å²) in [4.78, 5) is 46.8. The number of Topliss-reactive ketones (excluding diaryl/α,β-unsaturated/α-hetero) is 1. The number of aromatic nitrogens is 3. The Morgan fingerprint density at radius 1 is 1.12 bits per heavy atom. The fourth-order valence-corrected chi connectivity index (χ4v) is 6.21. The molecule has 4 rings (SSSR count). The summed E-state index contributed by atoms with van der Waals surface area (Å²) in [5.41, 5.74) is -0.0557. The highest BCUT2D eigenvalue weighted by atomic mass is 32.2. The highest BCUT2D eigenvalue weighted by Gasteiger charge is 2.32. The van der Waals surface area contributed by atoms with Crippen molar-refractivity contribution in [2.75, 3.05) is 10.6 Å². The van der Waals surface area contributed by atoms with Crippen LogP contribution in [0.2, 0.25) is 0 Å². The van der Waals surface area contributed by atoms with Gasteiger partial charge in [0.15, 0.2) is 20.8 Å². The van der Waals surface area contributed by atoms with Gasteiger partial charge in [-0.2, -0.15) is 0 Å². The number of carboxylic acid groups (broad SMARTS) is 1. The lowest BCUT2D eigenvalue weighted by atomic mass is 9.95. The van der Waals surface area contributed by atoms with Crippen molar-refractivity contribution < 1.29 is 27.9 Å². The molecule has 1 aliphatic rings. The molecule has 3 aromatic rings. The first-order valence-electron chi connectivity index (χ1n) is 9.97. The maximum absolute atomic E-state index is 12.8. The number of nitrogens with zero attached hydrogens (tertiary/aromatic N) is 2. The molecule has 2 heterocycles. The number of carbonyl (C=O) groups excluding carboxylic acids is 2. The summed E-state index contributed by atoms with van der Waals surface area (Å²) < 4.78 is 24.8. The van der Waals surface area contributed by atoms with Gasteiger partial charge in [-0.25, -0.2) is 28.0 Å². The van der Waals surface area contributed by atoms with Crippen molar-refractivity contribution in [1.82, 2.24) is 15.0 Å². The van der Waals surface area contributed by atoms with Crippen LogP contribution in [-0.2, 0) is 9.84 Å². The van der Waals surface area contributed by atoms with Gasteiger partial charge >= 0.3 is 12.0 Å². The van der Waals surface area contributed by atoms with Gasteiger partial charge in [-0.3, -0.25) is 10.1 Å². The van der Waals surface area contributed by atoms with E-state index in [1.165, 1.54) is 12.4 Å². The number of urea groups is 1. The molecule has 1 aromatic carbocycles. The monoisotopic (exact) mass is 489 g/mol. The molecule has 172 valence electrons. The number of sulfone groups is 1. The van der Waals surface area contributed by atoms with Gasteiger partial charge in [0.25, 0.3) is 9.84 Å². The summed E-state index contributed by atoms with van der Waals surface area (Å²) in [5.74, 6) is -1.70. The maximum Gasteiger partial charge on any atom is 0.356 e. The van der Waals surface area contributed by atoms with E-state index in [9.17, 15) is 27.9 Å². The molecule has 33 heavy (non-hydrogen) atoms. The molecule has 13 heteroatoms. The number of nitrogens with one attached hydrogen (secondary N) is 3. The Labute approximate surface area is 192 Å². The van der Waals surface area contributed by atoms with E-state index in [0.29, 0.717) is 22.6 Å². The number of rotatable bonds is 7. The lowest BCUT2D eigenvalue weighted by molar-refractivity contribution is 0.0687. The first kappa shape index (κ1) is 22.6. The predicted octanol–water partition coefficient (Wildman–Crippen LogP) is 3.41. The van der Waals surface area contributed by atoms with Crippen LogP contribution in [0, 0.1) is 5.92 Å². The van der Waals surface area contributed by atoms with Gasteiger partial charge in [0.2, 0.25) is 5.16 Å². The number of anilines is 2. The minimum Gasteiger partial charge on any atom is -0.476 e. The quantitative estimate of drug-likeness (QED) is 0.366. The first-order chi connectivity index (χ1) is 15.8. The third-order valence-corrected chi connectivity index (χ3v) is 8.25. The smallest absolute Gasteiger partial charge is 0.356 e. The highest BCUT2D eigenvalue weighted by Crippen LogP contribution is 2.32. The van der Waals surface area contributed by atoms with Gasteiger partial charge in [0.05, 0.1) is 5.69 Å². The Morgan fingerprint density at radius 3 is 2.52 bits per heavy atom. The second-order valence-electron chi connectivity index (χ2n) is 7.33. The number of benzene rings is 1. The van der Waals surface area contributed by atoms with Gasteiger partial charge in [0, 0.05) is 23.9 Å². The molecule has 2 amide bonds. The van der Waals surface area contributed by atoms with E-state index in [1.54, 1.807) is 24.3 Å². The van der Waals surface area contributed by atoms with E-state index in [2.05, 4.69) is 25.6 Å². The second kappa shape index (κ2) is 9.11. The summed E-state index contributed by atoms with van der Waals surface area (Å²) in [5, 5.41) is 13.6. The number of para-hydroxylation sites is 1. The van der Waals surface area contributed by atoms with Crippen LogP contribution in [0.3, 0.4) is 0 Å². The van der Waals surface area contributed by atoms with Crippen LogP contribution in [0.15, 0.2) is 46.0 Å². The first-order valence-corrected chi connectivity index (χ1v) is 12.3. The zero-order chi connectivity index (χ0) is 23.6. The van der Waals surface area contributed by atoms with Gasteiger partial charge in [-0.1, -0.05) is 36.3 Å². The number of amides is 2. The zero-order valence-electron chi connectivity index (χ0n) is 17.1. The molecule has 11 nitrogen and oxygen atoms in total. The molecule has 0 spiro atoms. The van der Waals surface area contributed by atoms with Crippen molar-refractivity contribution in [2.45, 2.75) is 35.0 Å². The SMILES string of the molecule is O=C(Nc1nc(C(=O)O)c(S(=O)(=O)c2ncc[nH]2)s1)Nc1ccccc1C(=O)C1CCCC1. The zero-order valence-corrected chi connectivity index (χ0v) is 18.7. The average molecular weight is 490 g/mol. The Hall–Kier alpha value is -3.58. The summed E-state index contributed by atoms with van der Waals surface area (Å²) in [7, 11) is -4.28. The number of thiazole rings is 1. The van der Waals surface area contributed by atoms with Crippen molar-refractivity contribution >= 4 is 49.8 Å². The van der Waals surface area contributed by atoms with Crippen LogP contribution in [0.4, 0.5) is 15.6 Å². The number of aromatic carboxylic acids is 1. The second-order valence-corrected chi connectivity index (χ2v) is 10.4. The van der Waals surface area contributed by atoms with E-state index in [0.717, 1.165) is 25.7 Å². The fourth-order valence-electron chi connectivity index (χ4n) is 3.63. The Balaban J connectivity index is 1.56. The third-order valence-electron chi connectivity index (χ3n) is 5.16. The lowest BCUT2D eigenvalue weighted by Gasteiger charge is -2.13. The molecule has 0 atom stereocenters. The van der Waals surface area contributed by atoms with Gasteiger partial charge in [-0.05, 0) is 25.0 Å². The molecule has 0 aliphatic heterocycles. The minimum atomic E-state index is -4.28. The van der Waals surface area contributed by atoms with Crippen molar-refractivity contribution in [2.24, 2.45) is 5.92 Å². The maximum atomic E-state index is 12.8. The largest absolute Gasteiger partial charge is 0.476 e. The normalized spacial score (nSPS) is 14.2. The van der Waals surface area contributed by atoms with Crippen molar-refractivity contribution in [1.29, 1.82) is 0 Å².